The first kappa shape index (κ1) is 20.4. The van der Waals surface area contributed by atoms with E-state index in [0.29, 0.717) is 11.3 Å². The van der Waals surface area contributed by atoms with Crippen LogP contribution in [0.4, 0.5) is 4.39 Å². The van der Waals surface area contributed by atoms with E-state index in [1.807, 2.05) is 48.0 Å². The molecule has 0 aliphatic rings. The zero-order valence-electron chi connectivity index (χ0n) is 17.4. The number of ether oxygens (including phenoxy) is 1. The maximum atomic E-state index is 13.7. The van der Waals surface area contributed by atoms with Gasteiger partial charge < -0.3 is 20.8 Å². The van der Waals surface area contributed by atoms with E-state index in [0.717, 1.165) is 32.8 Å². The molecule has 4 aromatic rings. The van der Waals surface area contributed by atoms with Crippen molar-refractivity contribution >= 4 is 33.6 Å². The van der Waals surface area contributed by atoms with Gasteiger partial charge in [-0.25, -0.2) is 14.2 Å². The van der Waals surface area contributed by atoms with Crippen molar-refractivity contribution in [1.82, 2.24) is 4.57 Å². The van der Waals surface area contributed by atoms with E-state index in [4.69, 9.17) is 16.2 Å². The Labute approximate surface area is 178 Å². The Bertz CT molecular complexity index is 1340. The molecule has 0 saturated carbocycles. The van der Waals surface area contributed by atoms with Crippen molar-refractivity contribution in [2.75, 3.05) is 6.61 Å². The molecule has 158 valence electrons. The van der Waals surface area contributed by atoms with Crippen molar-refractivity contribution in [3.05, 3.63) is 71.7 Å². The Morgan fingerprint density at radius 1 is 1.10 bits per heavy atom. The molecule has 0 atom stereocenters. The molecule has 0 bridgehead atoms. The van der Waals surface area contributed by atoms with Gasteiger partial charge in [-0.2, -0.15) is 0 Å². The number of nitrogens with zero attached hydrogens (tertiary/aromatic N) is 2. The molecule has 0 radical (unpaired) electrons. The summed E-state index contributed by atoms with van der Waals surface area (Å²) in [6.45, 7) is 2.19. The van der Waals surface area contributed by atoms with Crippen LogP contribution in [0.3, 0.4) is 0 Å². The monoisotopic (exact) mass is 418 g/mol. The number of guanidine groups is 1. The van der Waals surface area contributed by atoms with Crippen molar-refractivity contribution in [3.63, 3.8) is 0 Å². The predicted molar refractivity (Wildman–Crippen MR) is 121 cm³/mol. The number of fused-ring (bicyclic) bond motifs is 2. The molecule has 0 saturated heterocycles. The van der Waals surface area contributed by atoms with Crippen LogP contribution in [0, 0.1) is 5.82 Å². The summed E-state index contributed by atoms with van der Waals surface area (Å²) in [6, 6.07) is 16.4. The zero-order chi connectivity index (χ0) is 22.1. The van der Waals surface area contributed by atoms with Gasteiger partial charge in [0.25, 0.3) is 0 Å². The van der Waals surface area contributed by atoms with Crippen molar-refractivity contribution in [2.45, 2.75) is 13.5 Å². The fraction of sp³-hybridized carbons (Fsp3) is 0.167. The Balaban J connectivity index is 1.93. The van der Waals surface area contributed by atoms with Gasteiger partial charge in [-0.05, 0) is 47.0 Å². The average molecular weight is 418 g/mol. The van der Waals surface area contributed by atoms with Crippen LogP contribution in [-0.2, 0) is 18.3 Å². The van der Waals surface area contributed by atoms with E-state index in [1.54, 1.807) is 13.0 Å². The predicted octanol–water partition coefficient (Wildman–Crippen LogP) is 4.09. The number of halogens is 1. The number of hydrogen-bond donors (Lipinski definition) is 2. The number of rotatable bonds is 5. The molecular formula is C24H23FN4O2. The van der Waals surface area contributed by atoms with Crippen LogP contribution in [0.2, 0.25) is 0 Å². The van der Waals surface area contributed by atoms with E-state index >= 15 is 0 Å². The molecule has 31 heavy (non-hydrogen) atoms. The molecule has 3 aromatic carbocycles. The molecule has 6 nitrogen and oxygen atoms in total. The van der Waals surface area contributed by atoms with Gasteiger partial charge in [0, 0.05) is 18.0 Å². The number of benzene rings is 3. The van der Waals surface area contributed by atoms with E-state index in [9.17, 15) is 9.18 Å². The highest BCUT2D eigenvalue weighted by Gasteiger charge is 2.22. The Kier molecular flexibility index (Phi) is 5.33. The molecule has 7 heteroatoms. The van der Waals surface area contributed by atoms with E-state index < -0.39 is 5.97 Å². The molecule has 0 aliphatic carbocycles. The lowest BCUT2D eigenvalue weighted by Gasteiger charge is -2.08. The number of nitrogens with two attached hydrogens (primary N) is 2. The first-order chi connectivity index (χ1) is 14.9. The second-order valence-electron chi connectivity index (χ2n) is 7.25. The van der Waals surface area contributed by atoms with Crippen LogP contribution in [-0.4, -0.2) is 23.1 Å². The summed E-state index contributed by atoms with van der Waals surface area (Å²) < 4.78 is 20.9. The number of carbonyl (C=O) groups excluding carboxylic acids is 1. The first-order valence-electron chi connectivity index (χ1n) is 9.93. The van der Waals surface area contributed by atoms with Crippen molar-refractivity contribution in [1.29, 1.82) is 0 Å². The quantitative estimate of drug-likeness (QED) is 0.290. The van der Waals surface area contributed by atoms with Gasteiger partial charge in [0.05, 0.1) is 24.4 Å². The highest BCUT2D eigenvalue weighted by atomic mass is 19.1. The Morgan fingerprint density at radius 2 is 1.87 bits per heavy atom. The average Bonchev–Trinajstić information content (AvgIpc) is 3.03. The third-order valence-corrected chi connectivity index (χ3v) is 5.37. The number of hydrogen-bond acceptors (Lipinski definition) is 3. The normalized spacial score (nSPS) is 11.1. The van der Waals surface area contributed by atoms with Crippen LogP contribution in [0.1, 0.15) is 23.0 Å². The third-order valence-electron chi connectivity index (χ3n) is 5.37. The standard InChI is InChI=1S/C24H23FN4O2/c1-3-31-23(30)22-19-9-7-15(12-20(19)29(2)21(22)13-28-24(26)27)17-6-4-5-14-11-16(25)8-10-18(14)17/h4-12H,3,13H2,1-2H3,(H4,26,27,28). The van der Waals surface area contributed by atoms with Gasteiger partial charge >= 0.3 is 5.97 Å². The van der Waals surface area contributed by atoms with Crippen molar-refractivity contribution < 1.29 is 13.9 Å². The number of esters is 1. The SMILES string of the molecule is CCOC(=O)c1c(CN=C(N)N)n(C)c2cc(-c3cccc4cc(F)ccc34)ccc12. The molecule has 0 aliphatic heterocycles. The van der Waals surface area contributed by atoms with Crippen LogP contribution >= 0.6 is 0 Å². The molecule has 0 amide bonds. The summed E-state index contributed by atoms with van der Waals surface area (Å²) in [5, 5.41) is 2.53. The van der Waals surface area contributed by atoms with E-state index in [-0.39, 0.29) is 24.9 Å². The smallest absolute Gasteiger partial charge is 0.340 e. The number of aryl methyl sites for hydroxylation is 1. The van der Waals surface area contributed by atoms with Crippen molar-refractivity contribution in [3.8, 4) is 11.1 Å². The summed E-state index contributed by atoms with van der Waals surface area (Å²) in [5.74, 6) is -0.739. The molecule has 1 aromatic heterocycles. The second-order valence-corrected chi connectivity index (χ2v) is 7.25. The highest BCUT2D eigenvalue weighted by Crippen LogP contribution is 2.34. The van der Waals surface area contributed by atoms with Gasteiger partial charge in [-0.3, -0.25) is 0 Å². The number of aromatic nitrogens is 1. The van der Waals surface area contributed by atoms with Crippen LogP contribution < -0.4 is 11.5 Å². The lowest BCUT2D eigenvalue weighted by molar-refractivity contribution is 0.0527. The minimum atomic E-state index is -0.415. The van der Waals surface area contributed by atoms with E-state index in [1.165, 1.54) is 12.1 Å². The lowest BCUT2D eigenvalue weighted by atomic mass is 9.97. The van der Waals surface area contributed by atoms with E-state index in [2.05, 4.69) is 4.99 Å². The second kappa shape index (κ2) is 8.10. The van der Waals surface area contributed by atoms with Crippen LogP contribution in [0.5, 0.6) is 0 Å². The summed E-state index contributed by atoms with van der Waals surface area (Å²) in [6.07, 6.45) is 0. The largest absolute Gasteiger partial charge is 0.462 e. The third kappa shape index (κ3) is 3.70. The fourth-order valence-corrected chi connectivity index (χ4v) is 3.95. The summed E-state index contributed by atoms with van der Waals surface area (Å²) in [7, 11) is 1.87. The van der Waals surface area contributed by atoms with Gasteiger partial charge in [-0.15, -0.1) is 0 Å². The maximum absolute atomic E-state index is 13.7. The minimum absolute atomic E-state index is 0.0521. The van der Waals surface area contributed by atoms with Gasteiger partial charge in [-0.1, -0.05) is 36.4 Å². The molecule has 1 heterocycles. The molecular weight excluding hydrogens is 395 g/mol. The number of carbonyl (C=O) groups is 1. The van der Waals surface area contributed by atoms with Gasteiger partial charge in [0.1, 0.15) is 5.82 Å². The van der Waals surface area contributed by atoms with Crippen molar-refractivity contribution in [2.24, 2.45) is 23.5 Å². The summed E-state index contributed by atoms with van der Waals surface area (Å²) in [4.78, 5) is 16.8. The van der Waals surface area contributed by atoms with Gasteiger partial charge in [0.2, 0.25) is 0 Å². The minimum Gasteiger partial charge on any atom is -0.462 e. The lowest BCUT2D eigenvalue weighted by Crippen LogP contribution is -2.23. The summed E-state index contributed by atoms with van der Waals surface area (Å²) in [5.41, 5.74) is 14.9. The van der Waals surface area contributed by atoms with Gasteiger partial charge in [0.15, 0.2) is 5.96 Å². The zero-order valence-corrected chi connectivity index (χ0v) is 17.4. The highest BCUT2D eigenvalue weighted by molar-refractivity contribution is 6.07. The topological polar surface area (TPSA) is 95.6 Å². The molecule has 0 fully saturated rings. The first-order valence-corrected chi connectivity index (χ1v) is 9.93. The number of aliphatic imine (C=N–C) groups is 1. The molecule has 0 unspecified atom stereocenters. The Hall–Kier alpha value is -3.87. The Morgan fingerprint density at radius 3 is 2.61 bits per heavy atom. The maximum Gasteiger partial charge on any atom is 0.340 e. The summed E-state index contributed by atoms with van der Waals surface area (Å²) >= 11 is 0. The fourth-order valence-electron chi connectivity index (χ4n) is 3.95. The molecule has 0 spiro atoms. The molecule has 4 rings (SSSR count). The molecule has 4 N–H and O–H groups in total. The van der Waals surface area contributed by atoms with Crippen LogP contribution in [0.15, 0.2) is 59.6 Å². The van der Waals surface area contributed by atoms with Crippen LogP contribution in [0.25, 0.3) is 32.8 Å².